The molecule has 0 saturated heterocycles. The van der Waals surface area contributed by atoms with Crippen LogP contribution in [-0.2, 0) is 0 Å². The number of aromatic nitrogens is 4. The fourth-order valence-corrected chi connectivity index (χ4v) is 2.73. The molecule has 0 saturated carbocycles. The summed E-state index contributed by atoms with van der Waals surface area (Å²) in [6, 6.07) is 15.0. The number of hydrogen-bond donors (Lipinski definition) is 6. The summed E-state index contributed by atoms with van der Waals surface area (Å²) in [6.45, 7) is 0. The summed E-state index contributed by atoms with van der Waals surface area (Å²) in [5, 5.41) is 29.2. The summed E-state index contributed by atoms with van der Waals surface area (Å²) in [5.74, 6) is 0.907. The summed E-state index contributed by atoms with van der Waals surface area (Å²) in [5.41, 5.74) is 26.6. The number of rotatable bonds is 6. The largest absolute Gasteiger partial charge is 0.382 e. The van der Waals surface area contributed by atoms with Gasteiger partial charge in [-0.15, -0.1) is 10.2 Å². The minimum absolute atomic E-state index is 0.192. The van der Waals surface area contributed by atoms with Crippen molar-refractivity contribution in [2.24, 2.45) is 20.5 Å². The molecule has 0 aliphatic rings. The van der Waals surface area contributed by atoms with E-state index in [0.717, 1.165) is 11.1 Å². The molecule has 0 unspecified atom stereocenters. The standard InChI is InChI=1S/C20H20N12/c21-17-15(18(22)30-29-17)27-25-13-5-1-3-11(9-13)7-8-12-4-2-6-14(10-12)26-28-16-19(23)31-32-20(16)24/h1-10H,(H5,21,22,29,30)(H5,23,24,31,32). The van der Waals surface area contributed by atoms with Crippen LogP contribution in [0.15, 0.2) is 69.0 Å². The van der Waals surface area contributed by atoms with Crippen LogP contribution in [0.1, 0.15) is 11.1 Å². The number of benzene rings is 2. The van der Waals surface area contributed by atoms with Gasteiger partial charge in [0.1, 0.15) is 11.6 Å². The highest BCUT2D eigenvalue weighted by molar-refractivity contribution is 5.73. The summed E-state index contributed by atoms with van der Waals surface area (Å²) in [4.78, 5) is 0. The van der Waals surface area contributed by atoms with Crippen LogP contribution in [0.4, 0.5) is 46.0 Å². The zero-order valence-electron chi connectivity index (χ0n) is 16.8. The van der Waals surface area contributed by atoms with Gasteiger partial charge in [-0.2, -0.15) is 20.4 Å². The predicted molar refractivity (Wildman–Crippen MR) is 125 cm³/mol. The zero-order chi connectivity index (χ0) is 22.5. The molecule has 32 heavy (non-hydrogen) atoms. The van der Waals surface area contributed by atoms with Crippen LogP contribution in [0.5, 0.6) is 0 Å². The maximum absolute atomic E-state index is 5.73. The fraction of sp³-hybridized carbons (Fsp3) is 0. The predicted octanol–water partition coefficient (Wildman–Crippen LogP) is 4.46. The van der Waals surface area contributed by atoms with Crippen LogP contribution in [0.25, 0.3) is 12.2 Å². The van der Waals surface area contributed by atoms with Crippen molar-refractivity contribution in [1.29, 1.82) is 0 Å². The number of hydrogen-bond acceptors (Lipinski definition) is 10. The third-order valence-electron chi connectivity index (χ3n) is 4.33. The molecule has 0 bridgehead atoms. The quantitative estimate of drug-likeness (QED) is 0.192. The normalized spacial score (nSPS) is 11.9. The lowest BCUT2D eigenvalue weighted by atomic mass is 10.1. The summed E-state index contributed by atoms with van der Waals surface area (Å²) in [6.07, 6.45) is 3.89. The van der Waals surface area contributed by atoms with Gasteiger partial charge in [0.25, 0.3) is 0 Å². The molecule has 0 aliphatic carbocycles. The molecule has 10 N–H and O–H groups in total. The monoisotopic (exact) mass is 428 g/mol. The van der Waals surface area contributed by atoms with Crippen molar-refractivity contribution in [2.75, 3.05) is 22.9 Å². The first kappa shape index (κ1) is 20.3. The third-order valence-corrected chi connectivity index (χ3v) is 4.33. The lowest BCUT2D eigenvalue weighted by molar-refractivity contribution is 1.11. The highest BCUT2D eigenvalue weighted by Crippen LogP contribution is 2.29. The Morgan fingerprint density at radius 3 is 1.44 bits per heavy atom. The summed E-state index contributed by atoms with van der Waals surface area (Å²) in [7, 11) is 0. The van der Waals surface area contributed by atoms with Crippen LogP contribution in [-0.4, -0.2) is 20.4 Å². The third kappa shape index (κ3) is 4.59. The second-order valence-corrected chi connectivity index (χ2v) is 6.67. The Kier molecular flexibility index (Phi) is 5.57. The Bertz CT molecular complexity index is 1190. The van der Waals surface area contributed by atoms with Gasteiger partial charge in [0.2, 0.25) is 0 Å². The number of H-pyrrole nitrogens is 2. The molecule has 160 valence electrons. The van der Waals surface area contributed by atoms with Gasteiger partial charge in [0.05, 0.1) is 11.4 Å². The van der Waals surface area contributed by atoms with Crippen molar-refractivity contribution in [3.63, 3.8) is 0 Å². The molecule has 12 nitrogen and oxygen atoms in total. The molecule has 0 radical (unpaired) electrons. The maximum atomic E-state index is 5.73. The number of nitrogens with two attached hydrogens (primary N) is 4. The number of anilines is 4. The average molecular weight is 428 g/mol. The van der Waals surface area contributed by atoms with E-state index in [1.165, 1.54) is 0 Å². The van der Waals surface area contributed by atoms with E-state index < -0.39 is 0 Å². The number of aromatic amines is 2. The van der Waals surface area contributed by atoms with Crippen molar-refractivity contribution in [1.82, 2.24) is 20.4 Å². The van der Waals surface area contributed by atoms with E-state index in [2.05, 4.69) is 40.9 Å². The SMILES string of the molecule is Nc1n[nH]c(N)c1N=Nc1cccc(C=Cc2cccc(N=Nc3c(N)n[nH]c3N)c2)c1. The van der Waals surface area contributed by atoms with Crippen LogP contribution >= 0.6 is 0 Å². The van der Waals surface area contributed by atoms with Gasteiger partial charge in [0, 0.05) is 0 Å². The topological polar surface area (TPSA) is 211 Å². The van der Waals surface area contributed by atoms with E-state index in [-0.39, 0.29) is 23.3 Å². The van der Waals surface area contributed by atoms with Crippen molar-refractivity contribution in [3.05, 3.63) is 59.7 Å². The zero-order valence-corrected chi connectivity index (χ0v) is 16.8. The summed E-state index contributed by atoms with van der Waals surface area (Å²) >= 11 is 0. The molecular formula is C20H20N12. The van der Waals surface area contributed by atoms with Gasteiger partial charge < -0.3 is 22.9 Å². The first-order valence-electron chi connectivity index (χ1n) is 9.40. The first-order chi connectivity index (χ1) is 15.5. The van der Waals surface area contributed by atoms with Gasteiger partial charge in [-0.25, -0.2) is 0 Å². The number of azo groups is 2. The van der Waals surface area contributed by atoms with E-state index >= 15 is 0 Å². The number of nitrogens with one attached hydrogen (secondary N) is 2. The summed E-state index contributed by atoms with van der Waals surface area (Å²) < 4.78 is 0. The fourth-order valence-electron chi connectivity index (χ4n) is 2.73. The van der Waals surface area contributed by atoms with Gasteiger partial charge in [0.15, 0.2) is 23.0 Å². The lowest BCUT2D eigenvalue weighted by Crippen LogP contribution is -1.84. The molecular weight excluding hydrogens is 408 g/mol. The van der Waals surface area contributed by atoms with E-state index in [4.69, 9.17) is 22.9 Å². The van der Waals surface area contributed by atoms with Crippen LogP contribution in [0.2, 0.25) is 0 Å². The van der Waals surface area contributed by atoms with Gasteiger partial charge in [-0.1, -0.05) is 36.4 Å². The smallest absolute Gasteiger partial charge is 0.175 e. The van der Waals surface area contributed by atoms with Gasteiger partial charge in [-0.05, 0) is 35.4 Å². The molecule has 2 aromatic heterocycles. The Morgan fingerprint density at radius 2 is 1.06 bits per heavy atom. The minimum Gasteiger partial charge on any atom is -0.382 e. The van der Waals surface area contributed by atoms with Crippen molar-refractivity contribution < 1.29 is 0 Å². The molecule has 0 spiro atoms. The van der Waals surface area contributed by atoms with Gasteiger partial charge >= 0.3 is 0 Å². The van der Waals surface area contributed by atoms with E-state index in [1.807, 2.05) is 60.7 Å². The first-order valence-corrected chi connectivity index (χ1v) is 9.40. The maximum Gasteiger partial charge on any atom is 0.175 e. The van der Waals surface area contributed by atoms with Crippen molar-refractivity contribution in [2.45, 2.75) is 0 Å². The van der Waals surface area contributed by atoms with Crippen LogP contribution in [0.3, 0.4) is 0 Å². The Balaban J connectivity index is 1.49. The Morgan fingerprint density at radius 1 is 0.625 bits per heavy atom. The number of nitrogens with zero attached hydrogens (tertiary/aromatic N) is 6. The second-order valence-electron chi connectivity index (χ2n) is 6.67. The molecule has 0 atom stereocenters. The molecule has 2 aromatic carbocycles. The highest BCUT2D eigenvalue weighted by Gasteiger charge is 2.07. The molecule has 4 aromatic rings. The number of nitrogen functional groups attached to an aromatic ring is 4. The second kappa shape index (κ2) is 8.79. The molecule has 0 aliphatic heterocycles. The Labute approximate surface area is 182 Å². The van der Waals surface area contributed by atoms with Crippen LogP contribution < -0.4 is 22.9 Å². The Hall–Kier alpha value is -5.00. The molecule has 4 rings (SSSR count). The molecule has 0 amide bonds. The van der Waals surface area contributed by atoms with E-state index in [1.54, 1.807) is 0 Å². The highest BCUT2D eigenvalue weighted by atomic mass is 15.3. The van der Waals surface area contributed by atoms with Crippen molar-refractivity contribution in [3.8, 4) is 0 Å². The molecule has 0 fully saturated rings. The average Bonchev–Trinajstić information content (AvgIpc) is 3.29. The molecule has 12 heteroatoms. The van der Waals surface area contributed by atoms with Crippen LogP contribution in [0, 0.1) is 0 Å². The minimum atomic E-state index is 0.192. The molecule has 2 heterocycles. The lowest BCUT2D eigenvalue weighted by Gasteiger charge is -1.98. The van der Waals surface area contributed by atoms with E-state index in [9.17, 15) is 0 Å². The van der Waals surface area contributed by atoms with Gasteiger partial charge in [-0.3, -0.25) is 10.2 Å². The van der Waals surface area contributed by atoms with E-state index in [0.29, 0.717) is 22.7 Å². The van der Waals surface area contributed by atoms with Crippen molar-refractivity contribution >= 4 is 58.2 Å².